The van der Waals surface area contributed by atoms with Crippen LogP contribution in [0.4, 0.5) is 15.3 Å². The van der Waals surface area contributed by atoms with E-state index in [1.807, 2.05) is 40.1 Å². The minimum atomic E-state index is -0.757. The Morgan fingerprint density at radius 1 is 1.02 bits per heavy atom. The second-order valence-corrected chi connectivity index (χ2v) is 13.4. The number of aromatic amines is 2. The van der Waals surface area contributed by atoms with Gasteiger partial charge in [0, 0.05) is 72.9 Å². The summed E-state index contributed by atoms with van der Waals surface area (Å²) in [6.07, 6.45) is 6.10. The molecule has 2 aromatic carbocycles. The Kier molecular flexibility index (Phi) is 7.66. The molecule has 0 aliphatic carbocycles. The number of hydrogen-bond donors (Lipinski definition) is 4. The Labute approximate surface area is 267 Å². The highest BCUT2D eigenvalue weighted by Crippen LogP contribution is 2.32. The summed E-state index contributed by atoms with van der Waals surface area (Å²) in [5.74, 6) is -0.114. The average molecular weight is 624 g/mol. The Bertz CT molecular complexity index is 1780. The van der Waals surface area contributed by atoms with Gasteiger partial charge >= 0.3 is 12.1 Å². The van der Waals surface area contributed by atoms with Crippen LogP contribution in [0.3, 0.4) is 0 Å². The number of carbonyl (C=O) groups is 3. The van der Waals surface area contributed by atoms with Gasteiger partial charge in [0.2, 0.25) is 5.91 Å². The van der Waals surface area contributed by atoms with E-state index in [0.717, 1.165) is 51.0 Å². The minimum absolute atomic E-state index is 0.0312. The Hall–Kier alpha value is -4.87. The summed E-state index contributed by atoms with van der Waals surface area (Å²) in [7, 11) is 0. The van der Waals surface area contributed by atoms with Crippen LogP contribution in [0.15, 0.2) is 48.8 Å². The van der Waals surface area contributed by atoms with Crippen molar-refractivity contribution in [2.45, 2.75) is 77.0 Å². The lowest BCUT2D eigenvalue weighted by Crippen LogP contribution is -2.57. The first-order valence-electron chi connectivity index (χ1n) is 16.2. The van der Waals surface area contributed by atoms with Crippen LogP contribution in [0.2, 0.25) is 0 Å². The molecular formula is C34H41N9O3. The summed E-state index contributed by atoms with van der Waals surface area (Å²) >= 11 is 0. The number of anilines is 1. The highest BCUT2D eigenvalue weighted by atomic mass is 16.2. The smallest absolute Gasteiger partial charge is 0.322 e. The van der Waals surface area contributed by atoms with Gasteiger partial charge in [0.15, 0.2) is 0 Å². The number of rotatable bonds is 6. The lowest BCUT2D eigenvalue weighted by atomic mass is 9.83. The van der Waals surface area contributed by atoms with Crippen molar-refractivity contribution in [3.63, 3.8) is 0 Å². The molecule has 5 heterocycles. The predicted molar refractivity (Wildman–Crippen MR) is 174 cm³/mol. The highest BCUT2D eigenvalue weighted by Gasteiger charge is 2.39. The number of aryl methyl sites for hydroxylation is 1. The molecule has 1 atom stereocenters. The summed E-state index contributed by atoms with van der Waals surface area (Å²) < 4.78 is 0. The van der Waals surface area contributed by atoms with Crippen LogP contribution in [-0.2, 0) is 36.1 Å². The topological polar surface area (TPSA) is 142 Å². The third-order valence-electron chi connectivity index (χ3n) is 9.81. The first kappa shape index (κ1) is 29.8. The number of nitrogens with zero attached hydrogens (tertiary/aromatic N) is 5. The van der Waals surface area contributed by atoms with Crippen molar-refractivity contribution in [3.05, 3.63) is 76.7 Å². The quantitative estimate of drug-likeness (QED) is 0.253. The van der Waals surface area contributed by atoms with Crippen LogP contribution in [-0.4, -0.2) is 84.8 Å². The van der Waals surface area contributed by atoms with E-state index in [4.69, 9.17) is 0 Å². The number of fused-ring (bicyclic) bond motifs is 3. The Morgan fingerprint density at radius 2 is 1.80 bits per heavy atom. The van der Waals surface area contributed by atoms with Gasteiger partial charge < -0.3 is 25.3 Å². The fourth-order valence-corrected chi connectivity index (χ4v) is 7.38. The zero-order valence-corrected chi connectivity index (χ0v) is 26.6. The third kappa shape index (κ3) is 5.56. The highest BCUT2D eigenvalue weighted by molar-refractivity contribution is 5.92. The number of H-pyrrole nitrogens is 2. The van der Waals surface area contributed by atoms with Crippen LogP contribution >= 0.6 is 0 Å². The summed E-state index contributed by atoms with van der Waals surface area (Å²) in [4.78, 5) is 46.5. The Morgan fingerprint density at radius 3 is 2.61 bits per heavy atom. The molecule has 0 saturated carbocycles. The molecule has 1 fully saturated rings. The van der Waals surface area contributed by atoms with Crippen LogP contribution in [0.1, 0.15) is 61.6 Å². The van der Waals surface area contributed by atoms with E-state index in [2.05, 4.69) is 57.9 Å². The number of urea groups is 2. The molecule has 1 saturated heterocycles. The van der Waals surface area contributed by atoms with Crippen molar-refractivity contribution < 1.29 is 14.4 Å². The molecule has 1 unspecified atom stereocenters. The van der Waals surface area contributed by atoms with Gasteiger partial charge in [-0.05, 0) is 48.1 Å². The molecule has 240 valence electrons. The molecular weight excluding hydrogens is 582 g/mol. The van der Waals surface area contributed by atoms with Gasteiger partial charge in [0.1, 0.15) is 6.04 Å². The second kappa shape index (κ2) is 11.8. The lowest BCUT2D eigenvalue weighted by Gasteiger charge is -2.41. The largest absolute Gasteiger partial charge is 0.336 e. The van der Waals surface area contributed by atoms with Crippen LogP contribution in [0.5, 0.6) is 0 Å². The number of hydrogen-bond acceptors (Lipinski definition) is 5. The van der Waals surface area contributed by atoms with Gasteiger partial charge in [-0.3, -0.25) is 15.0 Å². The molecule has 12 heteroatoms. The van der Waals surface area contributed by atoms with Crippen LogP contribution in [0.25, 0.3) is 10.9 Å². The van der Waals surface area contributed by atoms with Gasteiger partial charge in [-0.25, -0.2) is 9.59 Å². The van der Waals surface area contributed by atoms with Crippen molar-refractivity contribution in [1.82, 2.24) is 40.4 Å². The molecule has 0 bridgehead atoms. The maximum absolute atomic E-state index is 14.3. The summed E-state index contributed by atoms with van der Waals surface area (Å²) in [5, 5.41) is 21.8. The number of aromatic nitrogens is 4. The fourth-order valence-electron chi connectivity index (χ4n) is 7.38. The van der Waals surface area contributed by atoms with Gasteiger partial charge in [-0.2, -0.15) is 10.2 Å². The lowest BCUT2D eigenvalue weighted by molar-refractivity contribution is -0.135. The average Bonchev–Trinajstić information content (AvgIpc) is 3.74. The van der Waals surface area contributed by atoms with Crippen LogP contribution in [0, 0.1) is 0 Å². The van der Waals surface area contributed by atoms with E-state index in [0.29, 0.717) is 52.0 Å². The maximum atomic E-state index is 14.3. The molecule has 0 radical (unpaired) electrons. The number of amides is 5. The van der Waals surface area contributed by atoms with E-state index < -0.39 is 6.04 Å². The molecule has 4 N–H and O–H groups in total. The van der Waals surface area contributed by atoms with E-state index in [-0.39, 0.29) is 29.4 Å². The molecule has 2 aromatic heterocycles. The molecule has 12 nitrogen and oxygen atoms in total. The molecule has 7 rings (SSSR count). The maximum Gasteiger partial charge on any atom is 0.322 e. The number of para-hydroxylation sites is 1. The molecule has 0 spiro atoms. The SMILES string of the molecule is CCc1cc(CC(NC(=O)N2CCC(N3Cc4ccccc4NC3=O)CC2)C(=O)N2Cc3cn[nH]c3C(C)(C)C2)cc2cn[nH]c12. The van der Waals surface area contributed by atoms with Gasteiger partial charge in [0.05, 0.1) is 17.9 Å². The first-order chi connectivity index (χ1) is 22.2. The standard InChI is InChI=1S/C34H41N9O3/c1-4-22-13-21(14-24-16-35-39-29(22)24)15-28(31(44)42-18-25-17-36-40-30(25)34(2,3)20-42)38-32(45)41-11-9-26(10-12-41)43-19-23-7-5-6-8-27(23)37-33(43)46/h5-8,13-14,16-17,26,28H,4,9-12,15,18-20H2,1-3H3,(H,35,39)(H,36,40)(H,37,46)(H,38,45). The third-order valence-corrected chi connectivity index (χ3v) is 9.81. The molecule has 3 aliphatic rings. The van der Waals surface area contributed by atoms with E-state index in [1.54, 1.807) is 17.3 Å². The van der Waals surface area contributed by atoms with Crippen molar-refractivity contribution in [3.8, 4) is 0 Å². The monoisotopic (exact) mass is 623 g/mol. The zero-order valence-electron chi connectivity index (χ0n) is 26.6. The van der Waals surface area contributed by atoms with Gasteiger partial charge in [-0.15, -0.1) is 0 Å². The fraction of sp³-hybridized carbons (Fsp3) is 0.441. The Balaban J connectivity index is 1.08. The molecule has 3 aliphatic heterocycles. The normalized spacial score (nSPS) is 18.6. The van der Waals surface area contributed by atoms with Crippen molar-refractivity contribution >= 4 is 34.6 Å². The van der Waals surface area contributed by atoms with Crippen molar-refractivity contribution in [2.75, 3.05) is 25.0 Å². The van der Waals surface area contributed by atoms with E-state index in [9.17, 15) is 14.4 Å². The van der Waals surface area contributed by atoms with Crippen molar-refractivity contribution in [2.24, 2.45) is 0 Å². The van der Waals surface area contributed by atoms with Crippen LogP contribution < -0.4 is 10.6 Å². The van der Waals surface area contributed by atoms with E-state index in [1.165, 1.54) is 0 Å². The predicted octanol–water partition coefficient (Wildman–Crippen LogP) is 4.30. The minimum Gasteiger partial charge on any atom is -0.336 e. The van der Waals surface area contributed by atoms with Gasteiger partial charge in [0.25, 0.3) is 0 Å². The molecule has 46 heavy (non-hydrogen) atoms. The summed E-state index contributed by atoms with van der Waals surface area (Å²) in [5.41, 5.74) is 6.77. The number of likely N-dealkylation sites (tertiary alicyclic amines) is 1. The van der Waals surface area contributed by atoms with E-state index >= 15 is 0 Å². The molecule has 5 amide bonds. The number of benzene rings is 2. The van der Waals surface area contributed by atoms with Gasteiger partial charge in [-0.1, -0.05) is 45.0 Å². The first-order valence-corrected chi connectivity index (χ1v) is 16.2. The molecule has 4 aromatic rings. The zero-order chi connectivity index (χ0) is 32.0. The number of piperidine rings is 1. The number of nitrogens with one attached hydrogen (secondary N) is 4. The summed E-state index contributed by atoms with van der Waals surface area (Å²) in [6.45, 7) is 8.80. The number of carbonyl (C=O) groups excluding carboxylic acids is 3. The second-order valence-electron chi connectivity index (χ2n) is 13.4. The van der Waals surface area contributed by atoms with Crippen molar-refractivity contribution in [1.29, 1.82) is 0 Å². The summed E-state index contributed by atoms with van der Waals surface area (Å²) in [6, 6.07) is 10.9.